The van der Waals surface area contributed by atoms with Crippen molar-refractivity contribution in [3.05, 3.63) is 22.7 Å². The molecular formula is C11H15ClO3. The van der Waals surface area contributed by atoms with E-state index in [-0.39, 0.29) is 12.5 Å². The number of rotatable bonds is 4. The molecule has 1 atom stereocenters. The van der Waals surface area contributed by atoms with E-state index >= 15 is 0 Å². The highest BCUT2D eigenvalue weighted by Gasteiger charge is 2.16. The molecule has 0 heterocycles. The van der Waals surface area contributed by atoms with Crippen LogP contribution in [0, 0.1) is 0 Å². The van der Waals surface area contributed by atoms with Gasteiger partial charge in [-0.05, 0) is 6.07 Å². The smallest absolute Gasteiger partial charge is 0.127 e. The van der Waals surface area contributed by atoms with Gasteiger partial charge in [-0.15, -0.1) is 0 Å². The van der Waals surface area contributed by atoms with Crippen molar-refractivity contribution in [1.82, 2.24) is 0 Å². The van der Waals surface area contributed by atoms with Crippen LogP contribution in [-0.4, -0.2) is 25.9 Å². The number of aliphatic hydroxyl groups is 1. The van der Waals surface area contributed by atoms with Crippen LogP contribution in [0.4, 0.5) is 0 Å². The average Bonchev–Trinajstić information content (AvgIpc) is 2.26. The molecule has 0 aliphatic rings. The number of aliphatic hydroxyl groups excluding tert-OH is 1. The van der Waals surface area contributed by atoms with E-state index in [9.17, 15) is 0 Å². The Morgan fingerprint density at radius 1 is 1.33 bits per heavy atom. The number of hydrogen-bond donors (Lipinski definition) is 1. The van der Waals surface area contributed by atoms with E-state index < -0.39 is 0 Å². The molecular weight excluding hydrogens is 216 g/mol. The van der Waals surface area contributed by atoms with Gasteiger partial charge < -0.3 is 14.6 Å². The fraction of sp³-hybridized carbons (Fsp3) is 0.455. The molecule has 1 rings (SSSR count). The summed E-state index contributed by atoms with van der Waals surface area (Å²) >= 11 is 6.09. The second-order valence-electron chi connectivity index (χ2n) is 3.31. The Bertz CT molecular complexity index is 339. The molecule has 1 unspecified atom stereocenters. The van der Waals surface area contributed by atoms with Crippen molar-refractivity contribution < 1.29 is 14.6 Å². The van der Waals surface area contributed by atoms with Gasteiger partial charge in [0.05, 0.1) is 19.2 Å². The molecule has 0 aliphatic carbocycles. The molecule has 15 heavy (non-hydrogen) atoms. The lowest BCUT2D eigenvalue weighted by Crippen LogP contribution is -2.03. The Balaban J connectivity index is 3.24. The zero-order chi connectivity index (χ0) is 11.4. The first-order chi connectivity index (χ1) is 7.13. The molecule has 0 spiro atoms. The van der Waals surface area contributed by atoms with Crippen LogP contribution in [0.1, 0.15) is 18.4 Å². The van der Waals surface area contributed by atoms with E-state index in [2.05, 4.69) is 0 Å². The number of benzene rings is 1. The summed E-state index contributed by atoms with van der Waals surface area (Å²) in [6, 6.07) is 3.47. The summed E-state index contributed by atoms with van der Waals surface area (Å²) in [7, 11) is 3.14. The third-order valence-electron chi connectivity index (χ3n) is 2.29. The highest BCUT2D eigenvalue weighted by atomic mass is 35.5. The molecule has 1 N–H and O–H groups in total. The lowest BCUT2D eigenvalue weighted by atomic mass is 10.0. The maximum absolute atomic E-state index is 9.11. The Hall–Kier alpha value is -0.930. The van der Waals surface area contributed by atoms with Crippen molar-refractivity contribution in [2.75, 3.05) is 20.8 Å². The summed E-state index contributed by atoms with van der Waals surface area (Å²) in [5.74, 6) is 1.23. The van der Waals surface area contributed by atoms with E-state index in [0.29, 0.717) is 16.5 Å². The molecule has 1 aromatic rings. The molecule has 0 radical (unpaired) electrons. The normalized spacial score (nSPS) is 12.3. The minimum Gasteiger partial charge on any atom is -0.497 e. The van der Waals surface area contributed by atoms with Crippen LogP contribution >= 0.6 is 11.6 Å². The molecule has 0 saturated carbocycles. The van der Waals surface area contributed by atoms with Gasteiger partial charge in [0.2, 0.25) is 0 Å². The molecule has 84 valence electrons. The first kappa shape index (κ1) is 12.1. The average molecular weight is 231 g/mol. The minimum atomic E-state index is -0.0571. The van der Waals surface area contributed by atoms with Crippen molar-refractivity contribution in [3.8, 4) is 11.5 Å². The van der Waals surface area contributed by atoms with Crippen LogP contribution < -0.4 is 9.47 Å². The van der Waals surface area contributed by atoms with Crippen LogP contribution in [0.15, 0.2) is 12.1 Å². The van der Waals surface area contributed by atoms with E-state index in [1.54, 1.807) is 26.4 Å². The van der Waals surface area contributed by atoms with Crippen molar-refractivity contribution in [2.45, 2.75) is 12.8 Å². The Morgan fingerprint density at radius 3 is 2.47 bits per heavy atom. The molecule has 1 aromatic carbocycles. The van der Waals surface area contributed by atoms with E-state index in [4.69, 9.17) is 26.2 Å². The lowest BCUT2D eigenvalue weighted by molar-refractivity contribution is 0.269. The van der Waals surface area contributed by atoms with Gasteiger partial charge in [0, 0.05) is 24.2 Å². The van der Waals surface area contributed by atoms with Crippen LogP contribution in [-0.2, 0) is 0 Å². The zero-order valence-corrected chi connectivity index (χ0v) is 9.84. The molecule has 0 aliphatic heterocycles. The predicted molar refractivity (Wildman–Crippen MR) is 60.1 cm³/mol. The molecule has 0 bridgehead atoms. The molecule has 0 fully saturated rings. The predicted octanol–water partition coefficient (Wildman–Crippen LogP) is 2.45. The first-order valence-corrected chi connectivity index (χ1v) is 5.04. The van der Waals surface area contributed by atoms with Crippen molar-refractivity contribution in [3.63, 3.8) is 0 Å². The SMILES string of the molecule is COc1cc(Cl)c(C(C)CO)c(OC)c1. The summed E-state index contributed by atoms with van der Waals surface area (Å²) in [6.07, 6.45) is 0. The van der Waals surface area contributed by atoms with Gasteiger partial charge >= 0.3 is 0 Å². The fourth-order valence-electron chi connectivity index (χ4n) is 1.43. The number of ether oxygens (including phenoxy) is 2. The second kappa shape index (κ2) is 5.24. The van der Waals surface area contributed by atoms with Crippen LogP contribution in [0.2, 0.25) is 5.02 Å². The van der Waals surface area contributed by atoms with Crippen LogP contribution in [0.5, 0.6) is 11.5 Å². The zero-order valence-electron chi connectivity index (χ0n) is 9.08. The Kier molecular flexibility index (Phi) is 4.24. The number of halogens is 1. The number of hydrogen-bond acceptors (Lipinski definition) is 3. The van der Waals surface area contributed by atoms with E-state index in [1.807, 2.05) is 6.92 Å². The Morgan fingerprint density at radius 2 is 2.00 bits per heavy atom. The van der Waals surface area contributed by atoms with Gasteiger partial charge in [0.15, 0.2) is 0 Å². The summed E-state index contributed by atoms with van der Waals surface area (Å²) < 4.78 is 10.3. The summed E-state index contributed by atoms with van der Waals surface area (Å²) in [6.45, 7) is 1.92. The molecule has 0 amide bonds. The van der Waals surface area contributed by atoms with Gasteiger partial charge in [-0.1, -0.05) is 18.5 Å². The largest absolute Gasteiger partial charge is 0.497 e. The van der Waals surface area contributed by atoms with Crippen molar-refractivity contribution >= 4 is 11.6 Å². The standard InChI is InChI=1S/C11H15ClO3/c1-7(6-13)11-9(12)4-8(14-2)5-10(11)15-3/h4-5,7,13H,6H2,1-3H3. The Labute approximate surface area is 94.6 Å². The second-order valence-corrected chi connectivity index (χ2v) is 3.72. The van der Waals surface area contributed by atoms with Crippen LogP contribution in [0.3, 0.4) is 0 Å². The van der Waals surface area contributed by atoms with E-state index in [1.165, 1.54) is 0 Å². The third-order valence-corrected chi connectivity index (χ3v) is 2.60. The first-order valence-electron chi connectivity index (χ1n) is 4.66. The van der Waals surface area contributed by atoms with Gasteiger partial charge in [-0.25, -0.2) is 0 Å². The van der Waals surface area contributed by atoms with E-state index in [0.717, 1.165) is 5.56 Å². The topological polar surface area (TPSA) is 38.7 Å². The quantitative estimate of drug-likeness (QED) is 0.864. The third kappa shape index (κ3) is 2.55. The highest BCUT2D eigenvalue weighted by Crippen LogP contribution is 2.36. The molecule has 0 saturated heterocycles. The van der Waals surface area contributed by atoms with Gasteiger partial charge in [-0.3, -0.25) is 0 Å². The molecule has 0 aromatic heterocycles. The van der Waals surface area contributed by atoms with Gasteiger partial charge in [-0.2, -0.15) is 0 Å². The maximum atomic E-state index is 9.11. The maximum Gasteiger partial charge on any atom is 0.127 e. The van der Waals surface area contributed by atoms with Crippen LogP contribution in [0.25, 0.3) is 0 Å². The monoisotopic (exact) mass is 230 g/mol. The lowest BCUT2D eigenvalue weighted by Gasteiger charge is -2.16. The highest BCUT2D eigenvalue weighted by molar-refractivity contribution is 6.31. The summed E-state index contributed by atoms with van der Waals surface area (Å²) in [4.78, 5) is 0. The number of methoxy groups -OCH3 is 2. The summed E-state index contributed by atoms with van der Waals surface area (Å²) in [5, 5.41) is 9.66. The summed E-state index contributed by atoms with van der Waals surface area (Å²) in [5.41, 5.74) is 0.808. The molecule has 3 nitrogen and oxygen atoms in total. The fourth-order valence-corrected chi connectivity index (χ4v) is 1.81. The van der Waals surface area contributed by atoms with Crippen molar-refractivity contribution in [2.24, 2.45) is 0 Å². The molecule has 4 heteroatoms. The van der Waals surface area contributed by atoms with Crippen molar-refractivity contribution in [1.29, 1.82) is 0 Å². The van der Waals surface area contributed by atoms with Gasteiger partial charge in [0.1, 0.15) is 11.5 Å². The van der Waals surface area contributed by atoms with Gasteiger partial charge in [0.25, 0.3) is 0 Å². The minimum absolute atomic E-state index is 0.0302.